The zero-order valence-electron chi connectivity index (χ0n) is 25.4. The van der Waals surface area contributed by atoms with Crippen molar-refractivity contribution in [3.8, 4) is 17.2 Å². The first kappa shape index (κ1) is 31.1. The quantitative estimate of drug-likeness (QED) is 0.149. The number of rotatable bonds is 10. The van der Waals surface area contributed by atoms with E-state index in [1.807, 2.05) is 63.2 Å². The second kappa shape index (κ2) is 13.4. The summed E-state index contributed by atoms with van der Waals surface area (Å²) in [6.45, 7) is 12.8. The molecule has 0 aliphatic heterocycles. The molecule has 3 aromatic carbocycles. The van der Waals surface area contributed by atoms with Gasteiger partial charge >= 0.3 is 12.1 Å². The third-order valence-electron chi connectivity index (χ3n) is 7.08. The third kappa shape index (κ3) is 7.72. The number of benzene rings is 3. The van der Waals surface area contributed by atoms with E-state index in [1.54, 1.807) is 24.4 Å². The number of urea groups is 1. The normalized spacial score (nSPS) is 11.3. The molecule has 226 valence electrons. The highest BCUT2D eigenvalue weighted by Crippen LogP contribution is 2.39. The molecule has 0 saturated carbocycles. The fourth-order valence-corrected chi connectivity index (χ4v) is 4.74. The maximum atomic E-state index is 13.3. The molecule has 0 saturated heterocycles. The van der Waals surface area contributed by atoms with E-state index in [9.17, 15) is 14.7 Å². The Labute approximate surface area is 252 Å². The van der Waals surface area contributed by atoms with Crippen LogP contribution >= 0.6 is 0 Å². The minimum Gasteiger partial charge on any atom is -0.492 e. The Kier molecular flexibility index (Phi) is 9.72. The highest BCUT2D eigenvalue weighted by atomic mass is 16.5. The molecule has 1 aromatic heterocycles. The molecule has 4 rings (SSSR count). The van der Waals surface area contributed by atoms with Crippen molar-refractivity contribution in [1.29, 1.82) is 0 Å². The zero-order chi connectivity index (χ0) is 31.1. The van der Waals surface area contributed by atoms with Gasteiger partial charge in [0.1, 0.15) is 11.5 Å². The van der Waals surface area contributed by atoms with Gasteiger partial charge in [0.25, 0.3) is 0 Å². The first-order chi connectivity index (χ1) is 20.5. The number of pyridine rings is 1. The Morgan fingerprint density at radius 2 is 1.53 bits per heavy atom. The number of hydrogen-bond donors (Lipinski definition) is 4. The Hall–Kier alpha value is -4.83. The number of nitrogens with zero attached hydrogens (tertiary/aromatic N) is 2. The maximum Gasteiger partial charge on any atom is 0.409 e. The smallest absolute Gasteiger partial charge is 0.409 e. The average Bonchev–Trinajstić information content (AvgIpc) is 2.96. The molecular weight excluding hydrogens is 546 g/mol. The highest BCUT2D eigenvalue weighted by molar-refractivity contribution is 6.08. The lowest BCUT2D eigenvalue weighted by molar-refractivity contribution is 0.209. The van der Waals surface area contributed by atoms with Crippen LogP contribution in [0.25, 0.3) is 10.8 Å². The molecule has 43 heavy (non-hydrogen) atoms. The number of carbonyl (C=O) groups is 2. The van der Waals surface area contributed by atoms with Crippen LogP contribution in [-0.2, 0) is 12.0 Å². The lowest BCUT2D eigenvalue weighted by Crippen LogP contribution is -2.22. The summed E-state index contributed by atoms with van der Waals surface area (Å²) in [5, 5.41) is 19.1. The summed E-state index contributed by atoms with van der Waals surface area (Å²) in [4.78, 5) is 31.5. The Morgan fingerprint density at radius 3 is 2.16 bits per heavy atom. The number of nitrogens with one attached hydrogen (secondary N) is 3. The van der Waals surface area contributed by atoms with Crippen molar-refractivity contribution in [3.63, 3.8) is 0 Å². The topological polar surface area (TPSA) is 125 Å². The van der Waals surface area contributed by atoms with E-state index in [0.717, 1.165) is 41.7 Å². The molecule has 10 nitrogen and oxygen atoms in total. The van der Waals surface area contributed by atoms with Crippen molar-refractivity contribution < 1.29 is 24.2 Å². The van der Waals surface area contributed by atoms with E-state index in [2.05, 4.69) is 39.7 Å². The number of anilines is 3. The number of carbonyl (C=O) groups excluding carboxylic acids is 1. The van der Waals surface area contributed by atoms with Crippen LogP contribution in [0.2, 0.25) is 0 Å². The van der Waals surface area contributed by atoms with Crippen molar-refractivity contribution in [3.05, 3.63) is 78.1 Å². The molecule has 0 aliphatic rings. The fourth-order valence-electron chi connectivity index (χ4n) is 4.74. The molecule has 1 heterocycles. The van der Waals surface area contributed by atoms with E-state index in [1.165, 1.54) is 7.11 Å². The molecule has 3 amide bonds. The van der Waals surface area contributed by atoms with Gasteiger partial charge in [0.2, 0.25) is 0 Å². The minimum atomic E-state index is -1.24. The standard InChI is InChI=1S/C33H39N5O5/c1-7-38(8-2)20-22-19-23(15-16-34-22)43-29-14-13-26(24-11-9-10-12-25(24)29)35-31(39)36-27-17-21(33(3,4)5)18-28(30(27)42-6)37-32(40)41/h9-19,37H,7-8,20H2,1-6H3,(H,40,41)(H2,35,36,39). The molecule has 0 aliphatic carbocycles. The van der Waals surface area contributed by atoms with Gasteiger partial charge < -0.3 is 25.2 Å². The van der Waals surface area contributed by atoms with Crippen LogP contribution in [0.1, 0.15) is 45.9 Å². The van der Waals surface area contributed by atoms with Crippen LogP contribution in [-0.4, -0.2) is 47.3 Å². The predicted molar refractivity (Wildman–Crippen MR) is 171 cm³/mol. The predicted octanol–water partition coefficient (Wildman–Crippen LogP) is 7.91. The summed E-state index contributed by atoms with van der Waals surface area (Å²) in [6, 6.07) is 18.0. The summed E-state index contributed by atoms with van der Waals surface area (Å²) >= 11 is 0. The van der Waals surface area contributed by atoms with Gasteiger partial charge in [-0.3, -0.25) is 15.2 Å². The minimum absolute atomic E-state index is 0.205. The van der Waals surface area contributed by atoms with Crippen LogP contribution in [0.4, 0.5) is 26.7 Å². The van der Waals surface area contributed by atoms with Gasteiger partial charge in [0.05, 0.1) is 29.9 Å². The largest absolute Gasteiger partial charge is 0.492 e. The Balaban J connectivity index is 1.60. The van der Waals surface area contributed by atoms with Crippen molar-refractivity contribution in [2.75, 3.05) is 36.1 Å². The molecule has 0 atom stereocenters. The van der Waals surface area contributed by atoms with E-state index < -0.39 is 12.1 Å². The second-order valence-electron chi connectivity index (χ2n) is 11.1. The second-order valence-corrected chi connectivity index (χ2v) is 11.1. The maximum absolute atomic E-state index is 13.3. The lowest BCUT2D eigenvalue weighted by atomic mass is 9.86. The zero-order valence-corrected chi connectivity index (χ0v) is 25.4. The van der Waals surface area contributed by atoms with Crippen molar-refractivity contribution >= 4 is 40.0 Å². The molecule has 4 N–H and O–H groups in total. The van der Waals surface area contributed by atoms with Gasteiger partial charge in [-0.2, -0.15) is 0 Å². The SMILES string of the molecule is CCN(CC)Cc1cc(Oc2ccc(NC(=O)Nc3cc(C(C)(C)C)cc(NC(=O)O)c3OC)c3ccccc23)ccn1. The summed E-state index contributed by atoms with van der Waals surface area (Å²) in [5.74, 6) is 1.53. The van der Waals surface area contributed by atoms with Crippen LogP contribution < -0.4 is 25.4 Å². The Morgan fingerprint density at radius 1 is 0.884 bits per heavy atom. The molecular formula is C33H39N5O5. The molecule has 0 radical (unpaired) electrons. The monoisotopic (exact) mass is 585 g/mol. The van der Waals surface area contributed by atoms with Gasteiger partial charge in [0, 0.05) is 29.6 Å². The van der Waals surface area contributed by atoms with Crippen LogP contribution in [0.5, 0.6) is 17.2 Å². The van der Waals surface area contributed by atoms with Crippen molar-refractivity contribution in [1.82, 2.24) is 9.88 Å². The summed E-state index contributed by atoms with van der Waals surface area (Å²) in [7, 11) is 1.42. The number of carboxylic acid groups (broad SMARTS) is 1. The van der Waals surface area contributed by atoms with E-state index in [4.69, 9.17) is 9.47 Å². The van der Waals surface area contributed by atoms with Crippen molar-refractivity contribution in [2.24, 2.45) is 0 Å². The molecule has 0 bridgehead atoms. The number of fused-ring (bicyclic) bond motifs is 1. The van der Waals surface area contributed by atoms with Gasteiger partial charge in [-0.05, 0) is 54.4 Å². The van der Waals surface area contributed by atoms with Crippen LogP contribution in [0.15, 0.2) is 66.9 Å². The van der Waals surface area contributed by atoms with Gasteiger partial charge in [-0.15, -0.1) is 0 Å². The highest BCUT2D eigenvalue weighted by Gasteiger charge is 2.22. The summed E-state index contributed by atoms with van der Waals surface area (Å²) < 4.78 is 11.8. The molecule has 0 fully saturated rings. The van der Waals surface area contributed by atoms with Gasteiger partial charge in [-0.1, -0.05) is 58.9 Å². The van der Waals surface area contributed by atoms with Crippen LogP contribution in [0, 0.1) is 0 Å². The van der Waals surface area contributed by atoms with E-state index >= 15 is 0 Å². The van der Waals surface area contributed by atoms with E-state index in [-0.39, 0.29) is 16.9 Å². The number of aromatic nitrogens is 1. The van der Waals surface area contributed by atoms with Crippen molar-refractivity contribution in [2.45, 2.75) is 46.6 Å². The van der Waals surface area contributed by atoms with Gasteiger partial charge in [0.15, 0.2) is 5.75 Å². The number of amides is 3. The first-order valence-corrected chi connectivity index (χ1v) is 14.2. The number of ether oxygens (including phenoxy) is 2. The summed E-state index contributed by atoms with van der Waals surface area (Å²) in [6.07, 6.45) is 0.511. The lowest BCUT2D eigenvalue weighted by Gasteiger charge is -2.23. The fraction of sp³-hybridized carbons (Fsp3) is 0.303. The Bertz CT molecular complexity index is 1610. The first-order valence-electron chi connectivity index (χ1n) is 14.2. The number of hydrogen-bond acceptors (Lipinski definition) is 6. The van der Waals surface area contributed by atoms with Crippen LogP contribution in [0.3, 0.4) is 0 Å². The third-order valence-corrected chi connectivity index (χ3v) is 7.08. The van der Waals surface area contributed by atoms with Gasteiger partial charge in [-0.25, -0.2) is 9.59 Å². The van der Waals surface area contributed by atoms with E-state index in [0.29, 0.717) is 22.9 Å². The molecule has 10 heteroatoms. The summed E-state index contributed by atoms with van der Waals surface area (Å²) in [5.41, 5.74) is 2.57. The molecule has 0 spiro atoms. The molecule has 4 aromatic rings. The number of methoxy groups -OCH3 is 1. The average molecular weight is 586 g/mol. The molecule has 0 unspecified atom stereocenters.